The van der Waals surface area contributed by atoms with Crippen molar-refractivity contribution in [3.8, 4) is 11.3 Å². The van der Waals surface area contributed by atoms with Crippen LogP contribution in [0.4, 0.5) is 5.95 Å². The van der Waals surface area contributed by atoms with E-state index in [2.05, 4.69) is 35.0 Å². The van der Waals surface area contributed by atoms with Gasteiger partial charge in [-0.05, 0) is 49.8 Å². The molecule has 3 nitrogen and oxygen atoms in total. The first kappa shape index (κ1) is 11.1. The maximum absolute atomic E-state index is 4.80. The normalized spacial score (nSPS) is 16.9. The third-order valence-electron chi connectivity index (χ3n) is 4.43. The summed E-state index contributed by atoms with van der Waals surface area (Å²) >= 11 is 0. The predicted molar refractivity (Wildman–Crippen MR) is 77.5 cm³/mol. The summed E-state index contributed by atoms with van der Waals surface area (Å²) < 4.78 is 2.31. The number of imidazole rings is 1. The Kier molecular flexibility index (Phi) is 2.40. The van der Waals surface area contributed by atoms with Crippen LogP contribution in [0.2, 0.25) is 0 Å². The van der Waals surface area contributed by atoms with E-state index in [0.29, 0.717) is 0 Å². The van der Waals surface area contributed by atoms with Gasteiger partial charge in [-0.1, -0.05) is 12.1 Å². The molecule has 4 rings (SSSR count). The van der Waals surface area contributed by atoms with Crippen LogP contribution in [-0.2, 0) is 19.4 Å². The van der Waals surface area contributed by atoms with Gasteiger partial charge in [-0.2, -0.15) is 0 Å². The molecule has 1 aromatic carbocycles. The second-order valence-corrected chi connectivity index (χ2v) is 5.64. The van der Waals surface area contributed by atoms with E-state index in [1.165, 1.54) is 48.1 Å². The van der Waals surface area contributed by atoms with Crippen molar-refractivity contribution in [2.75, 3.05) is 11.9 Å². The topological polar surface area (TPSA) is 29.9 Å². The van der Waals surface area contributed by atoms with E-state index in [1.807, 2.05) is 0 Å². The molecule has 1 aliphatic heterocycles. The zero-order valence-electron chi connectivity index (χ0n) is 11.4. The van der Waals surface area contributed by atoms with Gasteiger partial charge in [-0.25, -0.2) is 4.98 Å². The Bertz CT molecular complexity index is 640. The SMILES string of the molecule is Cc1c(-c2ccc3c(c2)CCC3)nc2n1CCCN2. The van der Waals surface area contributed by atoms with Crippen molar-refractivity contribution in [3.05, 3.63) is 35.0 Å². The summed E-state index contributed by atoms with van der Waals surface area (Å²) in [4.78, 5) is 4.80. The highest BCUT2D eigenvalue weighted by molar-refractivity contribution is 5.66. The van der Waals surface area contributed by atoms with Crippen LogP contribution in [0.3, 0.4) is 0 Å². The number of benzene rings is 1. The molecule has 0 fully saturated rings. The molecule has 19 heavy (non-hydrogen) atoms. The fraction of sp³-hybridized carbons (Fsp3) is 0.438. The lowest BCUT2D eigenvalue weighted by atomic mass is 10.0. The van der Waals surface area contributed by atoms with Gasteiger partial charge < -0.3 is 9.88 Å². The number of anilines is 1. The van der Waals surface area contributed by atoms with E-state index in [4.69, 9.17) is 4.98 Å². The molecule has 2 aromatic rings. The number of aryl methyl sites for hydroxylation is 2. The highest BCUT2D eigenvalue weighted by Crippen LogP contribution is 2.31. The van der Waals surface area contributed by atoms with Crippen molar-refractivity contribution >= 4 is 5.95 Å². The van der Waals surface area contributed by atoms with Gasteiger partial charge >= 0.3 is 0 Å². The van der Waals surface area contributed by atoms with Crippen molar-refractivity contribution < 1.29 is 0 Å². The van der Waals surface area contributed by atoms with Gasteiger partial charge in [0.25, 0.3) is 0 Å². The molecule has 0 spiro atoms. The van der Waals surface area contributed by atoms with Gasteiger partial charge in [0.1, 0.15) is 0 Å². The smallest absolute Gasteiger partial charge is 0.203 e. The minimum absolute atomic E-state index is 1.04. The summed E-state index contributed by atoms with van der Waals surface area (Å²) in [6.45, 7) is 4.32. The van der Waals surface area contributed by atoms with Gasteiger partial charge in [0.15, 0.2) is 0 Å². The summed E-state index contributed by atoms with van der Waals surface area (Å²) in [5, 5.41) is 3.40. The van der Waals surface area contributed by atoms with E-state index in [9.17, 15) is 0 Å². The summed E-state index contributed by atoms with van der Waals surface area (Å²) in [5.41, 5.74) is 6.78. The zero-order valence-corrected chi connectivity index (χ0v) is 11.4. The van der Waals surface area contributed by atoms with Crippen LogP contribution in [0, 0.1) is 6.92 Å². The van der Waals surface area contributed by atoms with Crippen molar-refractivity contribution in [1.82, 2.24) is 9.55 Å². The minimum Gasteiger partial charge on any atom is -0.356 e. The molecule has 98 valence electrons. The predicted octanol–water partition coefficient (Wildman–Crippen LogP) is 3.16. The van der Waals surface area contributed by atoms with Gasteiger partial charge in [-0.3, -0.25) is 0 Å². The third-order valence-corrected chi connectivity index (χ3v) is 4.43. The Morgan fingerprint density at radius 1 is 1.16 bits per heavy atom. The quantitative estimate of drug-likeness (QED) is 0.846. The Labute approximate surface area is 113 Å². The number of hydrogen-bond acceptors (Lipinski definition) is 2. The lowest BCUT2D eigenvalue weighted by molar-refractivity contribution is 0.615. The van der Waals surface area contributed by atoms with Crippen molar-refractivity contribution in [1.29, 1.82) is 0 Å². The van der Waals surface area contributed by atoms with Crippen LogP contribution < -0.4 is 5.32 Å². The molecule has 1 N–H and O–H groups in total. The number of aromatic nitrogens is 2. The largest absolute Gasteiger partial charge is 0.356 e. The van der Waals surface area contributed by atoms with Crippen LogP contribution in [0.1, 0.15) is 29.7 Å². The third kappa shape index (κ3) is 1.68. The first-order valence-corrected chi connectivity index (χ1v) is 7.26. The maximum Gasteiger partial charge on any atom is 0.203 e. The summed E-state index contributed by atoms with van der Waals surface area (Å²) in [6, 6.07) is 6.89. The Balaban J connectivity index is 1.82. The number of nitrogens with zero attached hydrogens (tertiary/aromatic N) is 2. The molecule has 2 heterocycles. The lowest BCUT2D eigenvalue weighted by Gasteiger charge is -2.16. The average Bonchev–Trinajstić information content (AvgIpc) is 3.03. The zero-order chi connectivity index (χ0) is 12.8. The molecule has 0 saturated carbocycles. The second kappa shape index (κ2) is 4.12. The van der Waals surface area contributed by atoms with Gasteiger partial charge in [0.05, 0.1) is 5.69 Å². The van der Waals surface area contributed by atoms with Gasteiger partial charge in [0.2, 0.25) is 5.95 Å². The van der Waals surface area contributed by atoms with Crippen LogP contribution in [-0.4, -0.2) is 16.1 Å². The molecule has 1 aromatic heterocycles. The van der Waals surface area contributed by atoms with E-state index in [1.54, 1.807) is 0 Å². The Hall–Kier alpha value is -1.77. The molecule has 0 atom stereocenters. The first-order valence-electron chi connectivity index (χ1n) is 7.26. The second-order valence-electron chi connectivity index (χ2n) is 5.64. The van der Waals surface area contributed by atoms with Gasteiger partial charge in [-0.15, -0.1) is 0 Å². The summed E-state index contributed by atoms with van der Waals surface area (Å²) in [5.74, 6) is 1.04. The van der Waals surface area contributed by atoms with E-state index in [-0.39, 0.29) is 0 Å². The van der Waals surface area contributed by atoms with Crippen molar-refractivity contribution in [2.24, 2.45) is 0 Å². The molecule has 0 amide bonds. The summed E-state index contributed by atoms with van der Waals surface area (Å²) in [6.07, 6.45) is 4.97. The number of nitrogens with one attached hydrogen (secondary N) is 1. The maximum atomic E-state index is 4.80. The molecular formula is C16H19N3. The molecule has 1 aliphatic carbocycles. The molecule has 3 heteroatoms. The first-order chi connectivity index (χ1) is 9.33. The highest BCUT2D eigenvalue weighted by Gasteiger charge is 2.19. The minimum atomic E-state index is 1.04. The van der Waals surface area contributed by atoms with E-state index in [0.717, 1.165) is 24.7 Å². The number of hydrogen-bond donors (Lipinski definition) is 1. The standard InChI is InChI=1S/C16H19N3/c1-11-15(18-16-17-8-3-9-19(11)16)14-7-6-12-4-2-5-13(12)10-14/h6-7,10H,2-5,8-9H2,1H3,(H,17,18). The van der Waals surface area contributed by atoms with E-state index >= 15 is 0 Å². The van der Waals surface area contributed by atoms with Crippen LogP contribution in [0.15, 0.2) is 18.2 Å². The van der Waals surface area contributed by atoms with Crippen LogP contribution in [0.5, 0.6) is 0 Å². The van der Waals surface area contributed by atoms with Crippen molar-refractivity contribution in [2.45, 2.75) is 39.2 Å². The molecule has 0 bridgehead atoms. The van der Waals surface area contributed by atoms with Crippen LogP contribution >= 0.6 is 0 Å². The number of rotatable bonds is 1. The molecule has 0 radical (unpaired) electrons. The monoisotopic (exact) mass is 253 g/mol. The fourth-order valence-corrected chi connectivity index (χ4v) is 3.37. The molecule has 2 aliphatic rings. The Morgan fingerprint density at radius 2 is 2.05 bits per heavy atom. The average molecular weight is 253 g/mol. The van der Waals surface area contributed by atoms with Crippen molar-refractivity contribution in [3.63, 3.8) is 0 Å². The Morgan fingerprint density at radius 3 is 2.95 bits per heavy atom. The van der Waals surface area contributed by atoms with Crippen LogP contribution in [0.25, 0.3) is 11.3 Å². The lowest BCUT2D eigenvalue weighted by Crippen LogP contribution is -2.17. The fourth-order valence-electron chi connectivity index (χ4n) is 3.37. The highest BCUT2D eigenvalue weighted by atomic mass is 15.2. The summed E-state index contributed by atoms with van der Waals surface area (Å²) in [7, 11) is 0. The molecule has 0 saturated heterocycles. The van der Waals surface area contributed by atoms with E-state index < -0.39 is 0 Å². The van der Waals surface area contributed by atoms with Gasteiger partial charge in [0, 0.05) is 24.3 Å². The molecule has 0 unspecified atom stereocenters. The molecular weight excluding hydrogens is 234 g/mol. The number of fused-ring (bicyclic) bond motifs is 2.